The van der Waals surface area contributed by atoms with Crippen LogP contribution in [0, 0.1) is 11.8 Å². The molecule has 2 heterocycles. The molecule has 5 heteroatoms. The molecule has 1 aromatic rings. The molecule has 0 radical (unpaired) electrons. The lowest BCUT2D eigenvalue weighted by atomic mass is 10.00. The Morgan fingerprint density at radius 2 is 2.12 bits per heavy atom. The fourth-order valence-electron chi connectivity index (χ4n) is 3.05. The molecule has 1 aliphatic carbocycles. The summed E-state index contributed by atoms with van der Waals surface area (Å²) in [5.41, 5.74) is 0. The molecular formula is C12H14Cl2N2O. The minimum Gasteiger partial charge on any atom is -0.393 e. The Labute approximate surface area is 110 Å². The van der Waals surface area contributed by atoms with Crippen molar-refractivity contribution in [3.63, 3.8) is 0 Å². The zero-order valence-electron chi connectivity index (χ0n) is 9.31. The molecule has 3 unspecified atom stereocenters. The molecule has 1 saturated carbocycles. The predicted octanol–water partition coefficient (Wildman–Crippen LogP) is 2.60. The Morgan fingerprint density at radius 1 is 1.29 bits per heavy atom. The van der Waals surface area contributed by atoms with Crippen LogP contribution in [0.15, 0.2) is 12.3 Å². The van der Waals surface area contributed by atoms with Gasteiger partial charge in [-0.25, -0.2) is 4.98 Å². The summed E-state index contributed by atoms with van der Waals surface area (Å²) in [4.78, 5) is 6.46. The van der Waals surface area contributed by atoms with E-state index in [1.165, 1.54) is 0 Å². The van der Waals surface area contributed by atoms with Gasteiger partial charge in [-0.3, -0.25) is 0 Å². The Morgan fingerprint density at radius 3 is 2.82 bits per heavy atom. The van der Waals surface area contributed by atoms with E-state index in [9.17, 15) is 5.11 Å². The number of aromatic nitrogens is 1. The quantitative estimate of drug-likeness (QED) is 0.854. The first-order chi connectivity index (χ1) is 8.15. The molecule has 92 valence electrons. The van der Waals surface area contributed by atoms with Crippen molar-refractivity contribution in [1.82, 2.24) is 4.98 Å². The van der Waals surface area contributed by atoms with Crippen LogP contribution in [0.25, 0.3) is 0 Å². The second kappa shape index (κ2) is 4.30. The zero-order valence-corrected chi connectivity index (χ0v) is 10.8. The molecule has 17 heavy (non-hydrogen) atoms. The van der Waals surface area contributed by atoms with Gasteiger partial charge in [-0.05, 0) is 24.8 Å². The van der Waals surface area contributed by atoms with E-state index in [-0.39, 0.29) is 6.10 Å². The third-order valence-electron chi connectivity index (χ3n) is 3.91. The van der Waals surface area contributed by atoms with Gasteiger partial charge in [0, 0.05) is 25.2 Å². The number of nitrogens with zero attached hydrogens (tertiary/aromatic N) is 2. The standard InChI is InChI=1S/C12H14Cl2N2O/c13-8-3-10(14)12(15-4-8)16-5-7-1-2-11(17)9(7)6-16/h3-4,7,9,11,17H,1-2,5-6H2. The van der Waals surface area contributed by atoms with Gasteiger partial charge in [0.2, 0.25) is 0 Å². The summed E-state index contributed by atoms with van der Waals surface area (Å²) in [7, 11) is 0. The molecule has 1 aliphatic heterocycles. The first kappa shape index (κ1) is 11.6. The highest BCUT2D eigenvalue weighted by Gasteiger charge is 2.42. The van der Waals surface area contributed by atoms with Crippen molar-refractivity contribution in [2.75, 3.05) is 18.0 Å². The summed E-state index contributed by atoms with van der Waals surface area (Å²) < 4.78 is 0. The predicted molar refractivity (Wildman–Crippen MR) is 68.7 cm³/mol. The summed E-state index contributed by atoms with van der Waals surface area (Å²) >= 11 is 12.0. The summed E-state index contributed by atoms with van der Waals surface area (Å²) in [5.74, 6) is 1.75. The van der Waals surface area contributed by atoms with Gasteiger partial charge in [0.15, 0.2) is 0 Å². The lowest BCUT2D eigenvalue weighted by molar-refractivity contribution is 0.133. The Kier molecular flexibility index (Phi) is 2.93. The molecule has 3 nitrogen and oxygen atoms in total. The summed E-state index contributed by atoms with van der Waals surface area (Å²) in [6.07, 6.45) is 3.50. The topological polar surface area (TPSA) is 36.4 Å². The summed E-state index contributed by atoms with van der Waals surface area (Å²) in [6, 6.07) is 1.72. The first-order valence-electron chi connectivity index (χ1n) is 5.89. The Balaban J connectivity index is 1.83. The van der Waals surface area contributed by atoms with E-state index < -0.39 is 0 Å². The maximum atomic E-state index is 9.88. The Bertz CT molecular complexity index is 441. The number of rotatable bonds is 1. The van der Waals surface area contributed by atoms with Crippen molar-refractivity contribution in [2.24, 2.45) is 11.8 Å². The number of fused-ring (bicyclic) bond motifs is 1. The molecule has 1 N–H and O–H groups in total. The van der Waals surface area contributed by atoms with Crippen molar-refractivity contribution in [2.45, 2.75) is 18.9 Å². The summed E-state index contributed by atoms with van der Waals surface area (Å²) in [6.45, 7) is 1.79. The van der Waals surface area contributed by atoms with E-state index in [4.69, 9.17) is 23.2 Å². The van der Waals surface area contributed by atoms with Gasteiger partial charge >= 0.3 is 0 Å². The number of aliphatic hydroxyl groups is 1. The molecule has 0 aromatic carbocycles. The number of anilines is 1. The normalized spacial score (nSPS) is 31.9. The van der Waals surface area contributed by atoms with E-state index in [2.05, 4.69) is 9.88 Å². The van der Waals surface area contributed by atoms with Gasteiger partial charge in [-0.2, -0.15) is 0 Å². The van der Waals surface area contributed by atoms with Gasteiger partial charge in [0.25, 0.3) is 0 Å². The van der Waals surface area contributed by atoms with E-state index in [0.717, 1.165) is 31.7 Å². The fourth-order valence-corrected chi connectivity index (χ4v) is 3.55. The number of hydrogen-bond donors (Lipinski definition) is 1. The van der Waals surface area contributed by atoms with Crippen LogP contribution in [0.4, 0.5) is 5.82 Å². The minimum atomic E-state index is -0.156. The van der Waals surface area contributed by atoms with E-state index in [0.29, 0.717) is 21.9 Å². The molecule has 0 spiro atoms. The van der Waals surface area contributed by atoms with Crippen LogP contribution in [0.2, 0.25) is 10.0 Å². The van der Waals surface area contributed by atoms with Crippen LogP contribution in [-0.2, 0) is 0 Å². The highest BCUT2D eigenvalue weighted by molar-refractivity contribution is 6.36. The van der Waals surface area contributed by atoms with Crippen LogP contribution in [-0.4, -0.2) is 29.3 Å². The molecule has 0 amide bonds. The van der Waals surface area contributed by atoms with Gasteiger partial charge in [-0.1, -0.05) is 23.2 Å². The van der Waals surface area contributed by atoms with Crippen molar-refractivity contribution >= 4 is 29.0 Å². The molecule has 2 aliphatic rings. The molecule has 0 bridgehead atoms. The van der Waals surface area contributed by atoms with E-state index in [1.54, 1.807) is 12.3 Å². The molecule has 1 saturated heterocycles. The largest absolute Gasteiger partial charge is 0.393 e. The van der Waals surface area contributed by atoms with E-state index in [1.807, 2.05) is 0 Å². The highest BCUT2D eigenvalue weighted by atomic mass is 35.5. The van der Waals surface area contributed by atoms with Gasteiger partial charge < -0.3 is 10.0 Å². The third-order valence-corrected chi connectivity index (χ3v) is 4.39. The maximum absolute atomic E-state index is 9.88. The molecule has 3 rings (SSSR count). The number of hydrogen-bond acceptors (Lipinski definition) is 3. The average molecular weight is 273 g/mol. The van der Waals surface area contributed by atoms with Crippen LogP contribution in [0.5, 0.6) is 0 Å². The van der Waals surface area contributed by atoms with Crippen LogP contribution in [0.1, 0.15) is 12.8 Å². The summed E-state index contributed by atoms with van der Waals surface area (Å²) in [5, 5.41) is 11.0. The van der Waals surface area contributed by atoms with Gasteiger partial charge in [-0.15, -0.1) is 0 Å². The minimum absolute atomic E-state index is 0.156. The SMILES string of the molecule is OC1CCC2CN(c3ncc(Cl)cc3Cl)CC12. The van der Waals surface area contributed by atoms with Gasteiger partial charge in [0.05, 0.1) is 16.1 Å². The van der Waals surface area contributed by atoms with Crippen molar-refractivity contribution < 1.29 is 5.11 Å². The van der Waals surface area contributed by atoms with Crippen LogP contribution < -0.4 is 4.90 Å². The second-order valence-corrected chi connectivity index (χ2v) is 5.78. The van der Waals surface area contributed by atoms with Gasteiger partial charge in [0.1, 0.15) is 5.82 Å². The van der Waals surface area contributed by atoms with Crippen LogP contribution in [0.3, 0.4) is 0 Å². The Hall–Kier alpha value is -0.510. The monoisotopic (exact) mass is 272 g/mol. The smallest absolute Gasteiger partial charge is 0.147 e. The van der Waals surface area contributed by atoms with Crippen molar-refractivity contribution in [1.29, 1.82) is 0 Å². The highest BCUT2D eigenvalue weighted by Crippen LogP contribution is 2.40. The zero-order chi connectivity index (χ0) is 12.0. The maximum Gasteiger partial charge on any atom is 0.147 e. The van der Waals surface area contributed by atoms with Crippen LogP contribution >= 0.6 is 23.2 Å². The van der Waals surface area contributed by atoms with E-state index >= 15 is 0 Å². The number of halogens is 2. The fraction of sp³-hybridized carbons (Fsp3) is 0.583. The first-order valence-corrected chi connectivity index (χ1v) is 6.65. The lowest BCUT2D eigenvalue weighted by Gasteiger charge is -2.20. The number of pyridine rings is 1. The molecular weight excluding hydrogens is 259 g/mol. The molecule has 3 atom stereocenters. The number of aliphatic hydroxyl groups excluding tert-OH is 1. The lowest BCUT2D eigenvalue weighted by Crippen LogP contribution is -2.25. The molecule has 2 fully saturated rings. The molecule has 1 aromatic heterocycles. The van der Waals surface area contributed by atoms with Crippen molar-refractivity contribution in [3.05, 3.63) is 22.3 Å². The third kappa shape index (κ3) is 2.01. The second-order valence-electron chi connectivity index (χ2n) is 4.93. The van der Waals surface area contributed by atoms with Crippen molar-refractivity contribution in [3.8, 4) is 0 Å². The average Bonchev–Trinajstić information content (AvgIpc) is 2.81.